The zero-order valence-electron chi connectivity index (χ0n) is 17.9. The third-order valence-corrected chi connectivity index (χ3v) is 7.03. The molecule has 2 saturated heterocycles. The van der Waals surface area contributed by atoms with Crippen molar-refractivity contribution >= 4 is 5.97 Å². The van der Waals surface area contributed by atoms with Crippen LogP contribution in [0.4, 0.5) is 4.39 Å². The van der Waals surface area contributed by atoms with Crippen LogP contribution in [-0.4, -0.2) is 91.6 Å². The Morgan fingerprint density at radius 1 is 1.34 bits per heavy atom. The number of β-amino-alcohol motifs (C(OH)–C–C–N with tert-alkyl or cyclic N) is 1. The number of rotatable bonds is 5. The summed E-state index contributed by atoms with van der Waals surface area (Å²) in [6, 6.07) is 3.52. The highest BCUT2D eigenvalue weighted by Gasteiger charge is 2.49. The van der Waals surface area contributed by atoms with E-state index in [4.69, 9.17) is 4.74 Å². The number of halogens is 1. The molecule has 1 spiro atoms. The first-order chi connectivity index (χ1) is 15.4. The van der Waals surface area contributed by atoms with E-state index in [1.807, 2.05) is 4.90 Å². The lowest BCUT2D eigenvalue weighted by Crippen LogP contribution is -2.51. The average molecular weight is 443 g/mol. The molecule has 2 fully saturated rings. The molecule has 11 heteroatoms. The average Bonchev–Trinajstić information content (AvgIpc) is 3.54. The van der Waals surface area contributed by atoms with Crippen molar-refractivity contribution in [3.05, 3.63) is 41.5 Å². The number of alkyl halides is 1. The van der Waals surface area contributed by atoms with Gasteiger partial charge in [0, 0.05) is 43.4 Å². The van der Waals surface area contributed by atoms with Gasteiger partial charge in [0.2, 0.25) is 0 Å². The zero-order chi connectivity index (χ0) is 22.3. The van der Waals surface area contributed by atoms with Crippen LogP contribution in [0.5, 0.6) is 0 Å². The second kappa shape index (κ2) is 8.21. The quantitative estimate of drug-likeness (QED) is 0.667. The maximum absolute atomic E-state index is 15.4. The van der Waals surface area contributed by atoms with E-state index < -0.39 is 17.7 Å². The van der Waals surface area contributed by atoms with Crippen LogP contribution < -0.4 is 0 Å². The highest BCUT2D eigenvalue weighted by Crippen LogP contribution is 2.44. The van der Waals surface area contributed by atoms with Gasteiger partial charge in [-0.05, 0) is 42.8 Å². The van der Waals surface area contributed by atoms with Gasteiger partial charge in [0.25, 0.3) is 0 Å². The summed E-state index contributed by atoms with van der Waals surface area (Å²) in [4.78, 5) is 20.1. The maximum atomic E-state index is 15.4. The van der Waals surface area contributed by atoms with E-state index in [0.717, 1.165) is 31.6 Å². The van der Waals surface area contributed by atoms with Crippen LogP contribution in [0.15, 0.2) is 35.9 Å². The predicted octanol–water partition coefficient (Wildman–Crippen LogP) is 0.657. The maximum Gasteiger partial charge on any atom is 0.335 e. The van der Waals surface area contributed by atoms with Gasteiger partial charge in [-0.15, -0.1) is 5.10 Å². The Labute approximate surface area is 184 Å². The van der Waals surface area contributed by atoms with Gasteiger partial charge < -0.3 is 14.7 Å². The Hall–Kier alpha value is -2.92. The second-order valence-electron chi connectivity index (χ2n) is 8.88. The molecule has 2 aromatic rings. The van der Waals surface area contributed by atoms with Gasteiger partial charge in [-0.3, -0.25) is 4.90 Å². The first kappa shape index (κ1) is 21.0. The Bertz CT molecular complexity index is 1010. The Morgan fingerprint density at radius 2 is 2.19 bits per heavy atom. The molecule has 170 valence electrons. The third kappa shape index (κ3) is 3.75. The summed E-state index contributed by atoms with van der Waals surface area (Å²) in [5, 5.41) is 21.6. The molecular weight excluding hydrogens is 417 g/mol. The molecule has 32 heavy (non-hydrogen) atoms. The largest absolute Gasteiger partial charge is 0.456 e. The summed E-state index contributed by atoms with van der Waals surface area (Å²) in [6.07, 6.45) is 2.76. The summed E-state index contributed by atoms with van der Waals surface area (Å²) < 4.78 is 22.0. The number of pyridine rings is 1. The third-order valence-electron chi connectivity index (χ3n) is 7.03. The van der Waals surface area contributed by atoms with Crippen LogP contribution in [0.2, 0.25) is 0 Å². The molecule has 0 bridgehead atoms. The molecule has 3 atom stereocenters. The van der Waals surface area contributed by atoms with E-state index in [2.05, 4.69) is 25.4 Å². The van der Waals surface area contributed by atoms with Crippen molar-refractivity contribution in [2.24, 2.45) is 5.41 Å². The van der Waals surface area contributed by atoms with Crippen molar-refractivity contribution in [3.8, 4) is 5.82 Å². The Balaban J connectivity index is 1.18. The fourth-order valence-electron chi connectivity index (χ4n) is 4.94. The molecule has 2 unspecified atom stereocenters. The number of piperidine rings is 1. The summed E-state index contributed by atoms with van der Waals surface area (Å²) >= 11 is 0. The zero-order valence-corrected chi connectivity index (χ0v) is 17.9. The normalized spacial score (nSPS) is 27.4. The van der Waals surface area contributed by atoms with Crippen molar-refractivity contribution in [3.63, 3.8) is 0 Å². The molecule has 10 nitrogen and oxygen atoms in total. The molecule has 5 rings (SSSR count). The van der Waals surface area contributed by atoms with Crippen molar-refractivity contribution in [1.29, 1.82) is 0 Å². The lowest BCUT2D eigenvalue weighted by molar-refractivity contribution is -0.136. The lowest BCUT2D eigenvalue weighted by atomic mass is 9.76. The van der Waals surface area contributed by atoms with Crippen LogP contribution in [0, 0.1) is 5.41 Å². The van der Waals surface area contributed by atoms with Crippen molar-refractivity contribution in [2.45, 2.75) is 32.0 Å². The molecule has 0 amide bonds. The van der Waals surface area contributed by atoms with E-state index in [0.29, 0.717) is 30.0 Å². The standard InChI is InChI=1S/C21H26FN7O3/c1-14-16(11-32-20(14)31)28-7-5-21(12-28)4-6-27(10-18(21)22)9-17(30)15-2-3-19(23-8-15)29-13-24-25-26-29/h2-3,8,13,17-18,30H,4-7,9-12H2,1H3/t17-,18?,21?/m1/s1. The Morgan fingerprint density at radius 3 is 2.84 bits per heavy atom. The number of aliphatic hydroxyl groups excluding tert-OH is 1. The fourth-order valence-corrected chi connectivity index (χ4v) is 4.94. The van der Waals surface area contributed by atoms with E-state index >= 15 is 4.39 Å². The van der Waals surface area contributed by atoms with Crippen LogP contribution >= 0.6 is 0 Å². The molecule has 0 saturated carbocycles. The summed E-state index contributed by atoms with van der Waals surface area (Å²) in [5.74, 6) is 0.280. The van der Waals surface area contributed by atoms with Crippen molar-refractivity contribution in [1.82, 2.24) is 35.0 Å². The van der Waals surface area contributed by atoms with Gasteiger partial charge in [-0.1, -0.05) is 6.07 Å². The number of likely N-dealkylation sites (tertiary alicyclic amines) is 2. The highest BCUT2D eigenvalue weighted by molar-refractivity contribution is 5.90. The van der Waals surface area contributed by atoms with Gasteiger partial charge in [0.05, 0.1) is 17.4 Å². The number of carbonyl (C=O) groups excluding carboxylic acids is 1. The number of cyclic esters (lactones) is 1. The van der Waals surface area contributed by atoms with E-state index in [1.54, 1.807) is 25.3 Å². The number of hydrogen-bond donors (Lipinski definition) is 1. The van der Waals surface area contributed by atoms with E-state index in [-0.39, 0.29) is 19.1 Å². The van der Waals surface area contributed by atoms with E-state index in [9.17, 15) is 9.90 Å². The number of hydrogen-bond acceptors (Lipinski definition) is 9. The van der Waals surface area contributed by atoms with Gasteiger partial charge in [0.15, 0.2) is 5.82 Å². The predicted molar refractivity (Wildman–Crippen MR) is 110 cm³/mol. The lowest BCUT2D eigenvalue weighted by Gasteiger charge is -2.42. The van der Waals surface area contributed by atoms with Crippen LogP contribution in [0.1, 0.15) is 31.4 Å². The minimum Gasteiger partial charge on any atom is -0.456 e. The molecule has 0 aromatic carbocycles. The summed E-state index contributed by atoms with van der Waals surface area (Å²) in [5.41, 5.74) is 1.79. The number of aliphatic hydroxyl groups is 1. The monoisotopic (exact) mass is 443 g/mol. The minimum absolute atomic E-state index is 0.276. The molecule has 3 aliphatic rings. The van der Waals surface area contributed by atoms with Crippen LogP contribution in [0.25, 0.3) is 5.82 Å². The topological polar surface area (TPSA) is 110 Å². The molecule has 0 aliphatic carbocycles. The first-order valence-corrected chi connectivity index (χ1v) is 10.8. The molecule has 0 radical (unpaired) electrons. The van der Waals surface area contributed by atoms with Gasteiger partial charge in [-0.25, -0.2) is 14.2 Å². The smallest absolute Gasteiger partial charge is 0.335 e. The number of esters is 1. The number of ether oxygens (including phenoxy) is 1. The van der Waals surface area contributed by atoms with Crippen LogP contribution in [0.3, 0.4) is 0 Å². The van der Waals surface area contributed by atoms with E-state index in [1.165, 1.54) is 11.0 Å². The minimum atomic E-state index is -0.993. The number of carbonyl (C=O) groups is 1. The SMILES string of the molecule is CC1=C(N2CCC3(CCN(C[C@@H](O)c4ccc(-n5cnnn5)nc4)CC3F)C2)COC1=O. The Kier molecular flexibility index (Phi) is 5.38. The molecule has 1 N–H and O–H groups in total. The van der Waals surface area contributed by atoms with Crippen LogP contribution in [-0.2, 0) is 9.53 Å². The number of aromatic nitrogens is 5. The molecule has 5 heterocycles. The fraction of sp³-hybridized carbons (Fsp3) is 0.571. The van der Waals surface area contributed by atoms with Crippen molar-refractivity contribution < 1.29 is 19.0 Å². The second-order valence-corrected chi connectivity index (χ2v) is 8.88. The van der Waals surface area contributed by atoms with Crippen molar-refractivity contribution in [2.75, 3.05) is 39.3 Å². The molecule has 3 aliphatic heterocycles. The first-order valence-electron chi connectivity index (χ1n) is 10.8. The summed E-state index contributed by atoms with van der Waals surface area (Å²) in [7, 11) is 0. The number of tetrazole rings is 1. The highest BCUT2D eigenvalue weighted by atomic mass is 19.1. The number of nitrogens with zero attached hydrogens (tertiary/aromatic N) is 7. The summed E-state index contributed by atoms with van der Waals surface area (Å²) in [6.45, 7) is 4.76. The molecular formula is C21H26FN7O3. The van der Waals surface area contributed by atoms with Gasteiger partial charge in [-0.2, -0.15) is 4.68 Å². The van der Waals surface area contributed by atoms with Gasteiger partial charge >= 0.3 is 5.97 Å². The molecule has 2 aromatic heterocycles. The van der Waals surface area contributed by atoms with Gasteiger partial charge in [0.1, 0.15) is 19.1 Å².